The second-order valence-corrected chi connectivity index (χ2v) is 5.59. The number of hydrogen-bond donors (Lipinski definition) is 1. The van der Waals surface area contributed by atoms with Crippen LogP contribution < -0.4 is 5.32 Å². The van der Waals surface area contributed by atoms with Crippen LogP contribution in [-0.2, 0) is 0 Å². The standard InChI is InChI=1S/C16H12FN3OS/c1-10-2-4-11(5-3-10)12-6-7-13(14(17)8-12)15(21)19-16-20-18-9-22-16/h2-9H,1H3,(H,19,20,21). The van der Waals surface area contributed by atoms with Crippen molar-refractivity contribution in [3.05, 3.63) is 64.9 Å². The van der Waals surface area contributed by atoms with Crippen molar-refractivity contribution in [2.24, 2.45) is 0 Å². The van der Waals surface area contributed by atoms with Crippen LogP contribution in [0.1, 0.15) is 15.9 Å². The Morgan fingerprint density at radius 3 is 2.50 bits per heavy atom. The number of amides is 1. The lowest BCUT2D eigenvalue weighted by Crippen LogP contribution is -2.13. The summed E-state index contributed by atoms with van der Waals surface area (Å²) < 4.78 is 14.2. The van der Waals surface area contributed by atoms with E-state index in [1.807, 2.05) is 31.2 Å². The van der Waals surface area contributed by atoms with Crippen LogP contribution in [0.4, 0.5) is 9.52 Å². The molecule has 110 valence electrons. The van der Waals surface area contributed by atoms with Crippen molar-refractivity contribution in [3.8, 4) is 11.1 Å². The average Bonchev–Trinajstić information content (AvgIpc) is 3.00. The first-order valence-electron chi connectivity index (χ1n) is 6.57. The zero-order chi connectivity index (χ0) is 15.5. The molecule has 1 aromatic heterocycles. The third-order valence-corrected chi connectivity index (χ3v) is 3.79. The van der Waals surface area contributed by atoms with Crippen LogP contribution in [0.3, 0.4) is 0 Å². The second kappa shape index (κ2) is 6.03. The molecule has 0 radical (unpaired) electrons. The number of carbonyl (C=O) groups excluding carboxylic acids is 1. The molecule has 1 amide bonds. The Bertz CT molecular complexity index is 801. The molecule has 0 saturated carbocycles. The largest absolute Gasteiger partial charge is 0.296 e. The van der Waals surface area contributed by atoms with Gasteiger partial charge in [0, 0.05) is 0 Å². The van der Waals surface area contributed by atoms with E-state index in [1.165, 1.54) is 29.0 Å². The van der Waals surface area contributed by atoms with Crippen molar-refractivity contribution in [3.63, 3.8) is 0 Å². The summed E-state index contributed by atoms with van der Waals surface area (Å²) in [6.45, 7) is 1.99. The molecule has 0 saturated heterocycles. The fraction of sp³-hybridized carbons (Fsp3) is 0.0625. The van der Waals surface area contributed by atoms with Gasteiger partial charge >= 0.3 is 0 Å². The van der Waals surface area contributed by atoms with Crippen molar-refractivity contribution in [2.45, 2.75) is 6.92 Å². The molecule has 0 bridgehead atoms. The molecule has 0 spiro atoms. The molecular formula is C16H12FN3OS. The topological polar surface area (TPSA) is 54.9 Å². The molecule has 6 heteroatoms. The number of aromatic nitrogens is 2. The maximum atomic E-state index is 14.2. The Labute approximate surface area is 130 Å². The number of aryl methyl sites for hydroxylation is 1. The van der Waals surface area contributed by atoms with Crippen molar-refractivity contribution < 1.29 is 9.18 Å². The Kier molecular flexibility index (Phi) is 3.93. The first kappa shape index (κ1) is 14.3. The SMILES string of the molecule is Cc1ccc(-c2ccc(C(=O)Nc3nncs3)c(F)c2)cc1. The van der Waals surface area contributed by atoms with E-state index in [0.29, 0.717) is 5.13 Å². The number of anilines is 1. The van der Waals surface area contributed by atoms with E-state index < -0.39 is 11.7 Å². The van der Waals surface area contributed by atoms with Gasteiger partial charge < -0.3 is 0 Å². The van der Waals surface area contributed by atoms with Gasteiger partial charge in [0.15, 0.2) is 0 Å². The highest BCUT2D eigenvalue weighted by Gasteiger charge is 2.14. The second-order valence-electron chi connectivity index (χ2n) is 4.76. The van der Waals surface area contributed by atoms with E-state index in [-0.39, 0.29) is 5.56 Å². The Hall–Kier alpha value is -2.60. The van der Waals surface area contributed by atoms with Gasteiger partial charge in [0.2, 0.25) is 5.13 Å². The van der Waals surface area contributed by atoms with Gasteiger partial charge in [0.1, 0.15) is 11.3 Å². The first-order valence-corrected chi connectivity index (χ1v) is 7.45. The predicted octanol–water partition coefficient (Wildman–Crippen LogP) is 3.90. The van der Waals surface area contributed by atoms with Gasteiger partial charge in [-0.1, -0.05) is 47.2 Å². The van der Waals surface area contributed by atoms with Crippen LogP contribution in [0.5, 0.6) is 0 Å². The molecular weight excluding hydrogens is 301 g/mol. The molecule has 3 aromatic rings. The lowest BCUT2D eigenvalue weighted by Gasteiger charge is -2.06. The Morgan fingerprint density at radius 1 is 1.14 bits per heavy atom. The molecule has 2 aromatic carbocycles. The summed E-state index contributed by atoms with van der Waals surface area (Å²) >= 11 is 1.18. The highest BCUT2D eigenvalue weighted by atomic mass is 32.1. The maximum Gasteiger partial charge on any atom is 0.260 e. The quantitative estimate of drug-likeness (QED) is 0.797. The number of carbonyl (C=O) groups is 1. The van der Waals surface area contributed by atoms with E-state index in [1.54, 1.807) is 6.07 Å². The minimum Gasteiger partial charge on any atom is -0.296 e. The van der Waals surface area contributed by atoms with Crippen LogP contribution in [-0.4, -0.2) is 16.1 Å². The van der Waals surface area contributed by atoms with Crippen LogP contribution >= 0.6 is 11.3 Å². The average molecular weight is 313 g/mol. The number of rotatable bonds is 3. The number of benzene rings is 2. The van der Waals surface area contributed by atoms with Gasteiger partial charge in [0.05, 0.1) is 5.56 Å². The molecule has 1 N–H and O–H groups in total. The van der Waals surface area contributed by atoms with Crippen molar-refractivity contribution >= 4 is 22.4 Å². The van der Waals surface area contributed by atoms with Gasteiger partial charge in [-0.05, 0) is 30.2 Å². The summed E-state index contributed by atoms with van der Waals surface area (Å²) in [6, 6.07) is 12.3. The summed E-state index contributed by atoms with van der Waals surface area (Å²) in [4.78, 5) is 12.0. The van der Waals surface area contributed by atoms with E-state index in [2.05, 4.69) is 15.5 Å². The monoisotopic (exact) mass is 313 g/mol. The van der Waals surface area contributed by atoms with Crippen LogP contribution in [0.2, 0.25) is 0 Å². The summed E-state index contributed by atoms with van der Waals surface area (Å²) in [6.07, 6.45) is 0. The minimum absolute atomic E-state index is 0.0222. The maximum absolute atomic E-state index is 14.2. The smallest absolute Gasteiger partial charge is 0.260 e. The van der Waals surface area contributed by atoms with E-state index in [9.17, 15) is 9.18 Å². The Morgan fingerprint density at radius 2 is 1.86 bits per heavy atom. The number of nitrogens with one attached hydrogen (secondary N) is 1. The molecule has 4 nitrogen and oxygen atoms in total. The van der Waals surface area contributed by atoms with Gasteiger partial charge in [0.25, 0.3) is 5.91 Å². The molecule has 22 heavy (non-hydrogen) atoms. The number of nitrogens with zero attached hydrogens (tertiary/aromatic N) is 2. The van der Waals surface area contributed by atoms with Crippen LogP contribution in [0.25, 0.3) is 11.1 Å². The number of hydrogen-bond acceptors (Lipinski definition) is 4. The first-order chi connectivity index (χ1) is 10.6. The van der Waals surface area contributed by atoms with Crippen molar-refractivity contribution in [2.75, 3.05) is 5.32 Å². The zero-order valence-electron chi connectivity index (χ0n) is 11.7. The highest BCUT2D eigenvalue weighted by molar-refractivity contribution is 7.13. The normalized spacial score (nSPS) is 10.5. The lowest BCUT2D eigenvalue weighted by molar-refractivity contribution is 0.102. The summed E-state index contributed by atoms with van der Waals surface area (Å²) in [7, 11) is 0. The predicted molar refractivity (Wildman–Crippen MR) is 84.4 cm³/mol. The molecule has 0 unspecified atom stereocenters. The van der Waals surface area contributed by atoms with E-state index in [0.717, 1.165) is 16.7 Å². The molecule has 0 atom stereocenters. The fourth-order valence-corrected chi connectivity index (χ4v) is 2.46. The molecule has 0 aliphatic rings. The van der Waals surface area contributed by atoms with Crippen molar-refractivity contribution in [1.82, 2.24) is 10.2 Å². The van der Waals surface area contributed by atoms with Gasteiger partial charge in [-0.2, -0.15) is 0 Å². The van der Waals surface area contributed by atoms with E-state index in [4.69, 9.17) is 0 Å². The zero-order valence-corrected chi connectivity index (χ0v) is 12.5. The molecule has 0 aliphatic carbocycles. The van der Waals surface area contributed by atoms with E-state index >= 15 is 0 Å². The number of halogens is 1. The third-order valence-electron chi connectivity index (χ3n) is 3.18. The molecule has 3 rings (SSSR count). The van der Waals surface area contributed by atoms with Gasteiger partial charge in [-0.3, -0.25) is 10.1 Å². The molecule has 0 fully saturated rings. The fourth-order valence-electron chi connectivity index (χ4n) is 2.02. The molecule has 0 aliphatic heterocycles. The summed E-state index contributed by atoms with van der Waals surface area (Å²) in [5.41, 5.74) is 4.24. The van der Waals surface area contributed by atoms with Crippen molar-refractivity contribution in [1.29, 1.82) is 0 Å². The summed E-state index contributed by atoms with van der Waals surface area (Å²) in [5.74, 6) is -1.11. The highest BCUT2D eigenvalue weighted by Crippen LogP contribution is 2.23. The van der Waals surface area contributed by atoms with Gasteiger partial charge in [-0.25, -0.2) is 4.39 Å². The van der Waals surface area contributed by atoms with Gasteiger partial charge in [-0.15, -0.1) is 10.2 Å². The van der Waals surface area contributed by atoms with Crippen LogP contribution in [0.15, 0.2) is 48.0 Å². The summed E-state index contributed by atoms with van der Waals surface area (Å²) in [5, 5.41) is 10.2. The lowest BCUT2D eigenvalue weighted by atomic mass is 10.0. The molecule has 1 heterocycles. The van der Waals surface area contributed by atoms with Crippen LogP contribution in [0, 0.1) is 12.7 Å². The minimum atomic E-state index is -0.569. The Balaban J connectivity index is 1.85. The third kappa shape index (κ3) is 3.01.